The highest BCUT2D eigenvalue weighted by Gasteiger charge is 2.06. The largest absolute Gasteiger partial charge is 0.451 e. The topological polar surface area (TPSA) is 101 Å². The van der Waals surface area contributed by atoms with Gasteiger partial charge in [0.15, 0.2) is 0 Å². The molecule has 0 heterocycles. The van der Waals surface area contributed by atoms with Crippen molar-refractivity contribution < 1.29 is 19.6 Å². The lowest BCUT2D eigenvalue weighted by molar-refractivity contribution is -0.191. The van der Waals surface area contributed by atoms with Crippen molar-refractivity contribution in [3.05, 3.63) is 12.7 Å². The Labute approximate surface area is 90.1 Å². The van der Waals surface area contributed by atoms with Crippen LogP contribution in [0.25, 0.3) is 0 Å². The maximum atomic E-state index is 8.53. The molecule has 15 heavy (non-hydrogen) atoms. The molecule has 5 nitrogen and oxygen atoms in total. The molecule has 6 heteroatoms. The van der Waals surface area contributed by atoms with E-state index in [0.717, 1.165) is 25.7 Å². The van der Waals surface area contributed by atoms with E-state index < -0.39 is 7.12 Å². The Bertz CT molecular complexity index is 181. The summed E-state index contributed by atoms with van der Waals surface area (Å²) in [5.74, 6) is 0. The van der Waals surface area contributed by atoms with Gasteiger partial charge in [-0.25, -0.2) is 0 Å². The second-order valence-corrected chi connectivity index (χ2v) is 3.13. The molecule has 0 aromatic carbocycles. The number of nitrogens with two attached hydrogens (primary N) is 1. The van der Waals surface area contributed by atoms with E-state index >= 15 is 0 Å². The van der Waals surface area contributed by atoms with Crippen molar-refractivity contribution in [2.24, 2.45) is 5.73 Å². The summed E-state index contributed by atoms with van der Waals surface area (Å²) in [6.45, 7) is 3.60. The number of hydrogen-bond acceptors (Lipinski definition) is 5. The van der Waals surface area contributed by atoms with Crippen LogP contribution >= 0.6 is 0 Å². The van der Waals surface area contributed by atoms with Gasteiger partial charge >= 0.3 is 13.3 Å². The van der Waals surface area contributed by atoms with Crippen molar-refractivity contribution >= 4 is 13.3 Å². The fourth-order valence-corrected chi connectivity index (χ4v) is 1.07. The lowest BCUT2D eigenvalue weighted by atomic mass is 9.83. The summed E-state index contributed by atoms with van der Waals surface area (Å²) in [7, 11) is -1.17. The first-order valence-corrected chi connectivity index (χ1v) is 4.80. The Hall–Kier alpha value is -0.935. The Morgan fingerprint density at radius 3 is 2.33 bits per heavy atom. The molecule has 0 radical (unpaired) electrons. The molecule has 0 saturated carbocycles. The quantitative estimate of drug-likeness (QED) is 0.314. The van der Waals surface area contributed by atoms with Gasteiger partial charge in [0.1, 0.15) is 0 Å². The van der Waals surface area contributed by atoms with Crippen LogP contribution in [0.15, 0.2) is 12.7 Å². The summed E-state index contributed by atoms with van der Waals surface area (Å²) >= 11 is 0. The monoisotopic (exact) mass is 215 g/mol. The van der Waals surface area contributed by atoms with Crippen molar-refractivity contribution in [2.75, 3.05) is 0 Å². The predicted molar refractivity (Wildman–Crippen MR) is 56.6 cm³/mol. The molecule has 0 fully saturated rings. The van der Waals surface area contributed by atoms with E-state index in [0.29, 0.717) is 6.32 Å². The SMILES string of the molecule is C=CCC(N)CCCCB(O)O.O=C=O. The Kier molecular flexibility index (Phi) is 14.4. The zero-order valence-electron chi connectivity index (χ0n) is 8.76. The molecule has 4 N–H and O–H groups in total. The molecule has 0 saturated heterocycles. The van der Waals surface area contributed by atoms with Gasteiger partial charge in [-0.3, -0.25) is 0 Å². The van der Waals surface area contributed by atoms with Gasteiger partial charge in [0.25, 0.3) is 0 Å². The van der Waals surface area contributed by atoms with Gasteiger partial charge in [0, 0.05) is 6.04 Å². The van der Waals surface area contributed by atoms with Crippen LogP contribution in [-0.4, -0.2) is 29.4 Å². The third-order valence-corrected chi connectivity index (χ3v) is 1.76. The molecule has 86 valence electrons. The van der Waals surface area contributed by atoms with Crippen LogP contribution in [0.4, 0.5) is 0 Å². The number of carbonyl (C=O) groups excluding carboxylic acids is 2. The zero-order chi connectivity index (χ0) is 12.1. The maximum Gasteiger partial charge on any atom is 0.451 e. The van der Waals surface area contributed by atoms with E-state index in [9.17, 15) is 0 Å². The van der Waals surface area contributed by atoms with Crippen molar-refractivity contribution in [3.63, 3.8) is 0 Å². The first kappa shape index (κ1) is 16.5. The third kappa shape index (κ3) is 19.5. The van der Waals surface area contributed by atoms with Crippen molar-refractivity contribution in [1.29, 1.82) is 0 Å². The van der Waals surface area contributed by atoms with Gasteiger partial charge in [-0.15, -0.1) is 6.58 Å². The Morgan fingerprint density at radius 2 is 1.93 bits per heavy atom. The molecule has 0 aromatic rings. The van der Waals surface area contributed by atoms with E-state index in [4.69, 9.17) is 25.4 Å². The standard InChI is InChI=1S/C8H18BNO2.CO2/c1-2-5-8(10)6-3-4-7-9(11)12;2-1-3/h2,8,11-12H,1,3-7,10H2;. The molecule has 0 bridgehead atoms. The fraction of sp³-hybridized carbons (Fsp3) is 0.667. The van der Waals surface area contributed by atoms with Crippen molar-refractivity contribution in [3.8, 4) is 0 Å². The highest BCUT2D eigenvalue weighted by atomic mass is 16.4. The van der Waals surface area contributed by atoms with Crippen LogP contribution in [0.5, 0.6) is 0 Å². The smallest absolute Gasteiger partial charge is 0.427 e. The molecule has 1 unspecified atom stereocenters. The molecular formula is C9H18BNO4. The van der Waals surface area contributed by atoms with E-state index in [2.05, 4.69) is 6.58 Å². The molecule has 0 spiro atoms. The molecule has 0 aromatic heterocycles. The van der Waals surface area contributed by atoms with Gasteiger partial charge in [-0.1, -0.05) is 18.9 Å². The van der Waals surface area contributed by atoms with E-state index in [1.54, 1.807) is 0 Å². The molecule has 0 aliphatic heterocycles. The summed E-state index contributed by atoms with van der Waals surface area (Å²) < 4.78 is 0. The first-order chi connectivity index (χ1) is 7.08. The molecule has 0 aliphatic rings. The summed E-state index contributed by atoms with van der Waals surface area (Å²) in [5.41, 5.74) is 5.70. The van der Waals surface area contributed by atoms with Crippen LogP contribution < -0.4 is 5.73 Å². The number of unbranched alkanes of at least 4 members (excludes halogenated alkanes) is 1. The predicted octanol–water partition coefficient (Wildman–Crippen LogP) is -0.0506. The summed E-state index contributed by atoms with van der Waals surface area (Å²) in [5, 5.41) is 17.1. The lowest BCUT2D eigenvalue weighted by Gasteiger charge is -2.07. The van der Waals surface area contributed by atoms with Gasteiger partial charge in [0.05, 0.1) is 0 Å². The lowest BCUT2D eigenvalue weighted by Crippen LogP contribution is -2.18. The summed E-state index contributed by atoms with van der Waals surface area (Å²) in [6, 6.07) is 0.179. The van der Waals surface area contributed by atoms with Crippen molar-refractivity contribution in [2.45, 2.75) is 38.0 Å². The van der Waals surface area contributed by atoms with Gasteiger partial charge < -0.3 is 15.8 Å². The van der Waals surface area contributed by atoms with Crippen molar-refractivity contribution in [1.82, 2.24) is 0 Å². The summed E-state index contributed by atoms with van der Waals surface area (Å²) in [6.07, 6.45) is 6.04. The highest BCUT2D eigenvalue weighted by molar-refractivity contribution is 6.40. The number of hydrogen-bond donors (Lipinski definition) is 3. The zero-order valence-corrected chi connectivity index (χ0v) is 8.76. The average Bonchev–Trinajstić information content (AvgIpc) is 2.14. The van der Waals surface area contributed by atoms with E-state index in [1.165, 1.54) is 0 Å². The number of rotatable bonds is 7. The van der Waals surface area contributed by atoms with Crippen LogP contribution in [-0.2, 0) is 9.59 Å². The molecule has 0 rings (SSSR count). The minimum Gasteiger partial charge on any atom is -0.427 e. The molecule has 0 amide bonds. The van der Waals surface area contributed by atoms with Gasteiger partial charge in [-0.2, -0.15) is 9.59 Å². The minimum absolute atomic E-state index is 0.179. The first-order valence-electron chi connectivity index (χ1n) is 4.80. The average molecular weight is 215 g/mol. The van der Waals surface area contributed by atoms with E-state index in [1.807, 2.05) is 6.08 Å². The molecule has 1 atom stereocenters. The molecule has 0 aliphatic carbocycles. The third-order valence-electron chi connectivity index (χ3n) is 1.76. The van der Waals surface area contributed by atoms with Crippen LogP contribution in [0.1, 0.15) is 25.7 Å². The minimum atomic E-state index is -1.17. The van der Waals surface area contributed by atoms with Gasteiger partial charge in [0.2, 0.25) is 0 Å². The van der Waals surface area contributed by atoms with Gasteiger partial charge in [-0.05, 0) is 19.2 Å². The fourth-order valence-electron chi connectivity index (χ4n) is 1.07. The second-order valence-electron chi connectivity index (χ2n) is 3.13. The highest BCUT2D eigenvalue weighted by Crippen LogP contribution is 2.05. The Balaban J connectivity index is 0. The summed E-state index contributed by atoms with van der Waals surface area (Å²) in [4.78, 5) is 16.2. The maximum absolute atomic E-state index is 8.53. The second kappa shape index (κ2) is 13.1. The normalized spacial score (nSPS) is 10.6. The van der Waals surface area contributed by atoms with Crippen LogP contribution in [0.3, 0.4) is 0 Å². The Morgan fingerprint density at radius 1 is 1.40 bits per heavy atom. The van der Waals surface area contributed by atoms with Crippen LogP contribution in [0, 0.1) is 0 Å². The molecular weight excluding hydrogens is 197 g/mol. The van der Waals surface area contributed by atoms with E-state index in [-0.39, 0.29) is 12.2 Å². The van der Waals surface area contributed by atoms with Crippen LogP contribution in [0.2, 0.25) is 6.32 Å².